The van der Waals surface area contributed by atoms with Gasteiger partial charge in [0.2, 0.25) is 5.91 Å². The molecule has 14 nitrogen and oxygen atoms in total. The van der Waals surface area contributed by atoms with Crippen LogP contribution in [0.15, 0.2) is 29.4 Å². The van der Waals surface area contributed by atoms with Crippen LogP contribution in [0.25, 0.3) is 10.4 Å². The monoisotopic (exact) mass is 586 g/mol. The minimum atomic E-state index is -0.0567. The molecule has 0 heterocycles. The number of nitrogens with one attached hydrogen (secondary N) is 1. The van der Waals surface area contributed by atoms with Crippen molar-refractivity contribution in [3.8, 4) is 5.75 Å². The Morgan fingerprint density at radius 3 is 1.46 bits per heavy atom. The van der Waals surface area contributed by atoms with Gasteiger partial charge < -0.3 is 48.3 Å². The maximum Gasteiger partial charge on any atom is 0.222 e. The molecule has 0 saturated carbocycles. The van der Waals surface area contributed by atoms with Crippen LogP contribution in [-0.2, 0) is 49.1 Å². The Bertz CT molecular complexity index is 782. The molecule has 234 valence electrons. The number of benzene rings is 1. The Morgan fingerprint density at radius 1 is 0.659 bits per heavy atom. The number of carbonyl (C=O) groups excluding carboxylic acids is 1. The molecule has 14 heteroatoms. The molecule has 0 saturated heterocycles. The minimum Gasteiger partial charge on any atom is -0.508 e. The van der Waals surface area contributed by atoms with Gasteiger partial charge in [-0.15, -0.1) is 0 Å². The standard InChI is InChI=1S/C27H46N4O10/c28-31-30-8-10-35-12-14-37-16-18-39-20-22-41-24-23-40-21-19-38-17-15-36-13-11-34-9-6-27(33)29-7-5-25-1-3-26(32)4-2-25/h1-4,32H,5-24H2,(H,29,33). The van der Waals surface area contributed by atoms with E-state index >= 15 is 0 Å². The van der Waals surface area contributed by atoms with Gasteiger partial charge in [0.05, 0.1) is 106 Å². The van der Waals surface area contributed by atoms with Crippen molar-refractivity contribution in [3.63, 3.8) is 0 Å². The molecule has 2 N–H and O–H groups in total. The highest BCUT2D eigenvalue weighted by Crippen LogP contribution is 2.09. The maximum absolute atomic E-state index is 11.8. The number of rotatable bonds is 30. The largest absolute Gasteiger partial charge is 0.508 e. The average Bonchev–Trinajstić information content (AvgIpc) is 2.98. The van der Waals surface area contributed by atoms with E-state index in [0.29, 0.717) is 132 Å². The Labute approximate surface area is 242 Å². The lowest BCUT2D eigenvalue weighted by Gasteiger charge is -2.09. The highest BCUT2D eigenvalue weighted by molar-refractivity contribution is 5.75. The van der Waals surface area contributed by atoms with Crippen molar-refractivity contribution >= 4 is 5.91 Å². The number of phenolic OH excluding ortho intramolecular Hbond substituents is 1. The molecular formula is C27H46N4O10. The van der Waals surface area contributed by atoms with Crippen molar-refractivity contribution in [2.75, 3.05) is 119 Å². The zero-order valence-corrected chi connectivity index (χ0v) is 23.9. The summed E-state index contributed by atoms with van der Waals surface area (Å²) in [6, 6.07) is 6.93. The van der Waals surface area contributed by atoms with Crippen LogP contribution in [0.1, 0.15) is 12.0 Å². The smallest absolute Gasteiger partial charge is 0.222 e. The first-order chi connectivity index (χ1) is 20.2. The van der Waals surface area contributed by atoms with Gasteiger partial charge >= 0.3 is 0 Å². The first-order valence-corrected chi connectivity index (χ1v) is 13.9. The number of azide groups is 1. The lowest BCUT2D eigenvalue weighted by atomic mass is 10.1. The SMILES string of the molecule is [N-]=[N+]=NCCOCCOCCOCCOCCOCCOCCOCCOCCC(=O)NCCc1ccc(O)cc1. The van der Waals surface area contributed by atoms with E-state index < -0.39 is 0 Å². The second-order valence-corrected chi connectivity index (χ2v) is 8.37. The molecule has 1 amide bonds. The van der Waals surface area contributed by atoms with Gasteiger partial charge in [-0.3, -0.25) is 4.79 Å². The van der Waals surface area contributed by atoms with Gasteiger partial charge in [0.15, 0.2) is 0 Å². The number of amides is 1. The van der Waals surface area contributed by atoms with Gasteiger partial charge in [-0.05, 0) is 29.6 Å². The van der Waals surface area contributed by atoms with Crippen LogP contribution in [0, 0.1) is 0 Å². The lowest BCUT2D eigenvalue weighted by Crippen LogP contribution is -2.26. The summed E-state index contributed by atoms with van der Waals surface area (Å²) in [5, 5.41) is 15.5. The molecule has 1 aromatic rings. The summed E-state index contributed by atoms with van der Waals surface area (Å²) in [6.07, 6.45) is 1.01. The van der Waals surface area contributed by atoms with Crippen molar-refractivity contribution in [2.45, 2.75) is 12.8 Å². The molecule has 0 aliphatic carbocycles. The second kappa shape index (κ2) is 29.0. The molecule has 0 unspecified atom stereocenters. The minimum absolute atomic E-state index is 0.0567. The highest BCUT2D eigenvalue weighted by atomic mass is 16.6. The van der Waals surface area contributed by atoms with Crippen LogP contribution in [0.3, 0.4) is 0 Å². The molecule has 0 radical (unpaired) electrons. The number of nitrogens with zero attached hydrogens (tertiary/aromatic N) is 3. The van der Waals surface area contributed by atoms with E-state index in [1.165, 1.54) is 0 Å². The number of hydrogen-bond acceptors (Lipinski definition) is 11. The number of hydrogen-bond donors (Lipinski definition) is 2. The van der Waals surface area contributed by atoms with Gasteiger partial charge in [-0.1, -0.05) is 17.2 Å². The van der Waals surface area contributed by atoms with Crippen LogP contribution in [-0.4, -0.2) is 130 Å². The van der Waals surface area contributed by atoms with Gasteiger partial charge in [-0.25, -0.2) is 0 Å². The van der Waals surface area contributed by atoms with E-state index in [-0.39, 0.29) is 11.7 Å². The van der Waals surface area contributed by atoms with E-state index in [9.17, 15) is 9.90 Å². The molecule has 41 heavy (non-hydrogen) atoms. The predicted octanol–water partition coefficient (Wildman–Crippen LogP) is 1.88. The Hall–Kier alpha value is -2.52. The molecule has 1 rings (SSSR count). The van der Waals surface area contributed by atoms with E-state index in [0.717, 1.165) is 5.56 Å². The van der Waals surface area contributed by atoms with E-state index in [1.807, 2.05) is 12.1 Å². The third-order valence-corrected chi connectivity index (χ3v) is 5.15. The van der Waals surface area contributed by atoms with Crippen molar-refractivity contribution < 1.29 is 47.8 Å². The van der Waals surface area contributed by atoms with Crippen molar-refractivity contribution in [1.29, 1.82) is 0 Å². The quantitative estimate of drug-likeness (QED) is 0.0587. The summed E-state index contributed by atoms with van der Waals surface area (Å²) in [6.45, 7) is 8.15. The maximum atomic E-state index is 11.8. The van der Waals surface area contributed by atoms with Crippen molar-refractivity contribution in [3.05, 3.63) is 40.3 Å². The van der Waals surface area contributed by atoms with Crippen LogP contribution in [0.5, 0.6) is 5.75 Å². The molecule has 0 bridgehead atoms. The molecular weight excluding hydrogens is 540 g/mol. The first-order valence-electron chi connectivity index (χ1n) is 13.9. The Morgan fingerprint density at radius 2 is 1.05 bits per heavy atom. The van der Waals surface area contributed by atoms with Crippen LogP contribution in [0.4, 0.5) is 0 Å². The van der Waals surface area contributed by atoms with Crippen LogP contribution >= 0.6 is 0 Å². The topological polar surface area (TPSA) is 172 Å². The van der Waals surface area contributed by atoms with Crippen molar-refractivity contribution in [2.24, 2.45) is 5.11 Å². The number of aromatic hydroxyl groups is 1. The number of ether oxygens (including phenoxy) is 8. The summed E-state index contributed by atoms with van der Waals surface area (Å²) in [5.41, 5.74) is 9.18. The highest BCUT2D eigenvalue weighted by Gasteiger charge is 2.02. The lowest BCUT2D eigenvalue weighted by molar-refractivity contribution is -0.122. The fourth-order valence-electron chi connectivity index (χ4n) is 3.05. The zero-order chi connectivity index (χ0) is 29.5. The fourth-order valence-corrected chi connectivity index (χ4v) is 3.05. The molecule has 1 aromatic carbocycles. The van der Waals surface area contributed by atoms with Gasteiger partial charge in [-0.2, -0.15) is 0 Å². The first kappa shape index (κ1) is 36.5. The van der Waals surface area contributed by atoms with Crippen molar-refractivity contribution in [1.82, 2.24) is 5.32 Å². The zero-order valence-electron chi connectivity index (χ0n) is 23.9. The number of phenols is 1. The summed E-state index contributed by atoms with van der Waals surface area (Å²) >= 11 is 0. The Kier molecular flexibility index (Phi) is 25.8. The summed E-state index contributed by atoms with van der Waals surface area (Å²) in [5.74, 6) is 0.174. The molecule has 0 aliphatic heterocycles. The second-order valence-electron chi connectivity index (χ2n) is 8.37. The third kappa shape index (κ3) is 26.1. The Balaban J connectivity index is 1.68. The molecule has 0 aromatic heterocycles. The van der Waals surface area contributed by atoms with Gasteiger partial charge in [0.1, 0.15) is 5.75 Å². The normalized spacial score (nSPS) is 10.9. The summed E-state index contributed by atoms with van der Waals surface area (Å²) in [7, 11) is 0. The van der Waals surface area contributed by atoms with Crippen LogP contribution in [0.2, 0.25) is 0 Å². The fraction of sp³-hybridized carbons (Fsp3) is 0.741. The number of carbonyl (C=O) groups is 1. The average molecular weight is 587 g/mol. The van der Waals surface area contributed by atoms with E-state index in [1.54, 1.807) is 12.1 Å². The summed E-state index contributed by atoms with van der Waals surface area (Å²) in [4.78, 5) is 14.5. The predicted molar refractivity (Wildman–Crippen MR) is 150 cm³/mol. The van der Waals surface area contributed by atoms with Gasteiger partial charge in [0.25, 0.3) is 0 Å². The molecule has 0 spiro atoms. The molecule has 0 fully saturated rings. The van der Waals surface area contributed by atoms with Crippen LogP contribution < -0.4 is 5.32 Å². The van der Waals surface area contributed by atoms with E-state index in [4.69, 9.17) is 43.4 Å². The third-order valence-electron chi connectivity index (χ3n) is 5.15. The molecule has 0 aliphatic rings. The summed E-state index contributed by atoms with van der Waals surface area (Å²) < 4.78 is 43.1. The molecule has 0 atom stereocenters. The van der Waals surface area contributed by atoms with E-state index in [2.05, 4.69) is 15.3 Å². The van der Waals surface area contributed by atoms with Gasteiger partial charge in [0, 0.05) is 24.4 Å².